The van der Waals surface area contributed by atoms with Gasteiger partial charge in [0.05, 0.1) is 23.9 Å². The van der Waals surface area contributed by atoms with Gasteiger partial charge in [0.1, 0.15) is 6.26 Å². The number of rotatable bonds is 3. The number of amides is 1. The molecule has 0 bridgehead atoms. The summed E-state index contributed by atoms with van der Waals surface area (Å²) >= 11 is 0. The van der Waals surface area contributed by atoms with Crippen LogP contribution in [0.4, 0.5) is 18.0 Å². The van der Waals surface area contributed by atoms with Gasteiger partial charge in [0.15, 0.2) is 0 Å². The van der Waals surface area contributed by atoms with Crippen LogP contribution >= 0.6 is 0 Å². The van der Waals surface area contributed by atoms with Crippen molar-refractivity contribution in [2.24, 2.45) is 5.92 Å². The minimum absolute atomic E-state index is 0.0567. The molecule has 1 aromatic carbocycles. The maximum absolute atomic E-state index is 12.7. The Balaban J connectivity index is 1.40. The highest BCUT2D eigenvalue weighted by molar-refractivity contribution is 5.68. The molecule has 144 valence electrons. The SMILES string of the molecule is O=C1N[C@H]2CN(Cc3coc(-c4ccc(C(F)(F)F)cc4)n3)CC[C@@H]2CO1. The second-order valence-corrected chi connectivity index (χ2v) is 6.85. The largest absolute Gasteiger partial charge is 0.449 e. The molecule has 1 N–H and O–H groups in total. The van der Waals surface area contributed by atoms with E-state index in [1.54, 1.807) is 0 Å². The Labute approximate surface area is 153 Å². The fraction of sp³-hybridized carbons (Fsp3) is 0.444. The zero-order valence-electron chi connectivity index (χ0n) is 14.3. The Hall–Kier alpha value is -2.55. The van der Waals surface area contributed by atoms with Crippen molar-refractivity contribution in [1.29, 1.82) is 0 Å². The van der Waals surface area contributed by atoms with Crippen molar-refractivity contribution in [2.45, 2.75) is 25.2 Å². The molecule has 0 aliphatic carbocycles. The van der Waals surface area contributed by atoms with E-state index in [0.717, 1.165) is 25.1 Å². The van der Waals surface area contributed by atoms with Crippen LogP contribution in [0.15, 0.2) is 34.9 Å². The van der Waals surface area contributed by atoms with Crippen LogP contribution in [0, 0.1) is 5.92 Å². The molecule has 0 spiro atoms. The van der Waals surface area contributed by atoms with E-state index in [9.17, 15) is 18.0 Å². The van der Waals surface area contributed by atoms with E-state index in [1.165, 1.54) is 18.4 Å². The molecule has 2 aromatic rings. The van der Waals surface area contributed by atoms with Gasteiger partial charge < -0.3 is 14.5 Å². The van der Waals surface area contributed by atoms with Crippen LogP contribution in [-0.2, 0) is 17.5 Å². The highest BCUT2D eigenvalue weighted by Gasteiger charge is 2.35. The van der Waals surface area contributed by atoms with Crippen molar-refractivity contribution < 1.29 is 27.1 Å². The number of hydrogen-bond donors (Lipinski definition) is 1. The lowest BCUT2D eigenvalue weighted by Gasteiger charge is -2.40. The molecule has 2 fully saturated rings. The number of piperidine rings is 1. The van der Waals surface area contributed by atoms with E-state index >= 15 is 0 Å². The van der Waals surface area contributed by atoms with Crippen molar-refractivity contribution in [3.63, 3.8) is 0 Å². The van der Waals surface area contributed by atoms with Crippen LogP contribution in [0.25, 0.3) is 11.5 Å². The number of carbonyl (C=O) groups excluding carboxylic acids is 1. The molecule has 6 nitrogen and oxygen atoms in total. The first-order chi connectivity index (χ1) is 12.9. The number of nitrogens with one attached hydrogen (secondary N) is 1. The van der Waals surface area contributed by atoms with Gasteiger partial charge in [-0.2, -0.15) is 13.2 Å². The summed E-state index contributed by atoms with van der Waals surface area (Å²) in [5.41, 5.74) is 0.478. The first-order valence-corrected chi connectivity index (χ1v) is 8.66. The molecule has 4 rings (SSSR count). The van der Waals surface area contributed by atoms with Crippen LogP contribution in [0.1, 0.15) is 17.7 Å². The fourth-order valence-electron chi connectivity index (χ4n) is 3.49. The standard InChI is InChI=1S/C18H18F3N3O3/c19-18(20,21)13-3-1-11(2-4-13)16-22-14(10-26-16)7-24-6-5-12-9-27-17(25)23-15(12)8-24/h1-4,10,12,15H,5-9H2,(H,23,25)/t12-,15+/m1/s1. The van der Waals surface area contributed by atoms with E-state index in [1.807, 2.05) is 0 Å². The molecule has 0 radical (unpaired) electrons. The van der Waals surface area contributed by atoms with Crippen molar-refractivity contribution >= 4 is 6.09 Å². The molecule has 0 saturated carbocycles. The Kier molecular flexibility index (Phi) is 4.55. The topological polar surface area (TPSA) is 67.6 Å². The van der Waals surface area contributed by atoms with Gasteiger partial charge in [0, 0.05) is 24.6 Å². The number of likely N-dealkylation sites (tertiary alicyclic amines) is 1. The highest BCUT2D eigenvalue weighted by atomic mass is 19.4. The number of nitrogens with zero attached hydrogens (tertiary/aromatic N) is 2. The third-order valence-electron chi connectivity index (χ3n) is 4.97. The van der Waals surface area contributed by atoms with Gasteiger partial charge in [0.25, 0.3) is 0 Å². The van der Waals surface area contributed by atoms with Gasteiger partial charge in [-0.05, 0) is 37.2 Å². The summed E-state index contributed by atoms with van der Waals surface area (Å²) in [4.78, 5) is 17.9. The summed E-state index contributed by atoms with van der Waals surface area (Å²) in [6.45, 7) is 2.54. The molecule has 9 heteroatoms. The highest BCUT2D eigenvalue weighted by Crippen LogP contribution is 2.31. The average Bonchev–Trinajstić information content (AvgIpc) is 3.09. The monoisotopic (exact) mass is 381 g/mol. The van der Waals surface area contributed by atoms with Crippen molar-refractivity contribution in [2.75, 3.05) is 19.7 Å². The lowest BCUT2D eigenvalue weighted by Crippen LogP contribution is -2.57. The Morgan fingerprint density at radius 1 is 1.26 bits per heavy atom. The number of hydrogen-bond acceptors (Lipinski definition) is 5. The van der Waals surface area contributed by atoms with Gasteiger partial charge in [-0.15, -0.1) is 0 Å². The molecule has 2 aliphatic heterocycles. The van der Waals surface area contributed by atoms with Crippen LogP contribution in [0.3, 0.4) is 0 Å². The second kappa shape index (κ2) is 6.88. The quantitative estimate of drug-likeness (QED) is 0.884. The van der Waals surface area contributed by atoms with E-state index in [-0.39, 0.29) is 18.0 Å². The Morgan fingerprint density at radius 2 is 2.04 bits per heavy atom. The van der Waals surface area contributed by atoms with Crippen LogP contribution in [0.5, 0.6) is 0 Å². The van der Waals surface area contributed by atoms with Crippen molar-refractivity contribution in [1.82, 2.24) is 15.2 Å². The lowest BCUT2D eigenvalue weighted by atomic mass is 9.91. The number of fused-ring (bicyclic) bond motifs is 1. The van der Waals surface area contributed by atoms with E-state index in [4.69, 9.17) is 9.15 Å². The van der Waals surface area contributed by atoms with Gasteiger partial charge >= 0.3 is 12.3 Å². The molecule has 3 heterocycles. The number of alkyl halides is 3. The number of ether oxygens (including phenoxy) is 1. The van der Waals surface area contributed by atoms with E-state index in [0.29, 0.717) is 36.9 Å². The van der Waals surface area contributed by atoms with Gasteiger partial charge in [0.2, 0.25) is 5.89 Å². The first kappa shape index (κ1) is 17.8. The minimum atomic E-state index is -4.37. The Morgan fingerprint density at radius 3 is 2.78 bits per heavy atom. The third-order valence-corrected chi connectivity index (χ3v) is 4.97. The van der Waals surface area contributed by atoms with Crippen LogP contribution < -0.4 is 5.32 Å². The van der Waals surface area contributed by atoms with Crippen LogP contribution in [0.2, 0.25) is 0 Å². The lowest BCUT2D eigenvalue weighted by molar-refractivity contribution is -0.137. The van der Waals surface area contributed by atoms with Crippen LogP contribution in [-0.4, -0.2) is 41.7 Å². The normalized spacial score (nSPS) is 23.4. The summed E-state index contributed by atoms with van der Waals surface area (Å²) in [5, 5.41) is 2.84. The zero-order chi connectivity index (χ0) is 19.0. The number of cyclic esters (lactones) is 1. The van der Waals surface area contributed by atoms with E-state index in [2.05, 4.69) is 15.2 Å². The molecule has 2 atom stereocenters. The molecular weight excluding hydrogens is 363 g/mol. The van der Waals surface area contributed by atoms with Crippen molar-refractivity contribution in [3.8, 4) is 11.5 Å². The van der Waals surface area contributed by atoms with Gasteiger partial charge in [-0.1, -0.05) is 0 Å². The second-order valence-electron chi connectivity index (χ2n) is 6.85. The van der Waals surface area contributed by atoms with Gasteiger partial charge in [-0.25, -0.2) is 9.78 Å². The molecular formula is C18H18F3N3O3. The van der Waals surface area contributed by atoms with Crippen molar-refractivity contribution in [3.05, 3.63) is 41.8 Å². The Bertz CT molecular complexity index is 819. The average molecular weight is 381 g/mol. The predicted octanol–water partition coefficient (Wildman–Crippen LogP) is 3.29. The molecule has 2 saturated heterocycles. The molecule has 1 aromatic heterocycles. The number of benzene rings is 1. The fourth-order valence-corrected chi connectivity index (χ4v) is 3.49. The molecule has 0 unspecified atom stereocenters. The zero-order valence-corrected chi connectivity index (χ0v) is 14.3. The maximum Gasteiger partial charge on any atom is 0.416 e. The smallest absolute Gasteiger partial charge is 0.416 e. The molecule has 27 heavy (non-hydrogen) atoms. The van der Waals surface area contributed by atoms with Gasteiger partial charge in [-0.3, -0.25) is 4.90 Å². The number of carbonyl (C=O) groups is 1. The summed E-state index contributed by atoms with van der Waals surface area (Å²) < 4.78 is 48.4. The van der Waals surface area contributed by atoms with E-state index < -0.39 is 11.7 Å². The predicted molar refractivity (Wildman–Crippen MR) is 88.6 cm³/mol. The molecule has 2 aliphatic rings. The first-order valence-electron chi connectivity index (χ1n) is 8.66. The number of aromatic nitrogens is 1. The maximum atomic E-state index is 12.7. The number of halogens is 3. The molecule has 1 amide bonds. The number of alkyl carbamates (subject to hydrolysis) is 1. The number of oxazole rings is 1. The minimum Gasteiger partial charge on any atom is -0.449 e. The summed E-state index contributed by atoms with van der Waals surface area (Å²) in [6.07, 6.45) is -2.33. The summed E-state index contributed by atoms with van der Waals surface area (Å²) in [6, 6.07) is 4.78. The summed E-state index contributed by atoms with van der Waals surface area (Å²) in [7, 11) is 0. The third kappa shape index (κ3) is 3.92. The summed E-state index contributed by atoms with van der Waals surface area (Å²) in [5.74, 6) is 0.604.